The van der Waals surface area contributed by atoms with E-state index in [1.165, 1.54) is 6.42 Å². The van der Waals surface area contributed by atoms with Crippen LogP contribution in [-0.2, 0) is 9.59 Å². The van der Waals surface area contributed by atoms with Gasteiger partial charge in [-0.25, -0.2) is 0 Å². The molecular formula is C22H30N2O2. The van der Waals surface area contributed by atoms with Crippen LogP contribution >= 0.6 is 0 Å². The van der Waals surface area contributed by atoms with Crippen LogP contribution in [0.4, 0.5) is 0 Å². The number of piperidine rings is 1. The maximum atomic E-state index is 13.1. The van der Waals surface area contributed by atoms with Crippen LogP contribution in [-0.4, -0.2) is 54.7 Å². The molecule has 0 N–H and O–H groups in total. The van der Waals surface area contributed by atoms with Crippen molar-refractivity contribution in [2.24, 2.45) is 0 Å². The van der Waals surface area contributed by atoms with Crippen molar-refractivity contribution in [2.45, 2.75) is 51.0 Å². The van der Waals surface area contributed by atoms with Gasteiger partial charge in [-0.05, 0) is 63.9 Å². The minimum atomic E-state index is 0.132. The average molecular weight is 354 g/mol. The molecule has 1 heterocycles. The van der Waals surface area contributed by atoms with Crippen molar-refractivity contribution in [3.8, 4) is 0 Å². The van der Waals surface area contributed by atoms with Gasteiger partial charge in [0.05, 0.1) is 6.42 Å². The van der Waals surface area contributed by atoms with Crippen LogP contribution in [0.5, 0.6) is 0 Å². The number of benzene rings is 1. The quantitative estimate of drug-likeness (QED) is 0.785. The monoisotopic (exact) mass is 354 g/mol. The van der Waals surface area contributed by atoms with Crippen molar-refractivity contribution in [3.63, 3.8) is 0 Å². The zero-order chi connectivity index (χ0) is 18.5. The molecule has 0 radical (unpaired) electrons. The third-order valence-electron chi connectivity index (χ3n) is 5.61. The first-order chi connectivity index (χ1) is 12.6. The molecule has 1 saturated heterocycles. The van der Waals surface area contributed by atoms with Gasteiger partial charge in [0, 0.05) is 24.6 Å². The summed E-state index contributed by atoms with van der Waals surface area (Å²) in [4.78, 5) is 29.7. The molecule has 1 aliphatic carbocycles. The SMILES string of the molecule is CN(C)CC[C@@H]1CCCCN1C(=O)CC1=C(c2ccccc2)CCC1=O. The molecule has 1 aliphatic heterocycles. The molecule has 3 rings (SSSR count). The number of hydrogen-bond acceptors (Lipinski definition) is 3. The Morgan fingerprint density at radius 2 is 1.92 bits per heavy atom. The summed E-state index contributed by atoms with van der Waals surface area (Å²) >= 11 is 0. The number of carbonyl (C=O) groups excluding carboxylic acids is 2. The Bertz CT molecular complexity index is 679. The van der Waals surface area contributed by atoms with E-state index in [0.29, 0.717) is 12.5 Å². The van der Waals surface area contributed by atoms with E-state index in [2.05, 4.69) is 19.0 Å². The standard InChI is InChI=1S/C22H30N2O2/c1-23(2)15-13-18-10-6-7-14-24(18)22(26)16-20-19(11-12-21(20)25)17-8-4-3-5-9-17/h3-5,8-9,18H,6-7,10-16H2,1-2H3/t18-/m0/s1. The van der Waals surface area contributed by atoms with Crippen molar-refractivity contribution < 1.29 is 9.59 Å². The predicted octanol–water partition coefficient (Wildman–Crippen LogP) is 3.53. The number of ketones is 1. The number of hydrogen-bond donors (Lipinski definition) is 0. The Labute approximate surface area is 156 Å². The molecule has 0 spiro atoms. The minimum Gasteiger partial charge on any atom is -0.339 e. The third kappa shape index (κ3) is 4.42. The lowest BCUT2D eigenvalue weighted by Gasteiger charge is -2.36. The fourth-order valence-corrected chi connectivity index (χ4v) is 4.16. The van der Waals surface area contributed by atoms with Crippen molar-refractivity contribution in [1.82, 2.24) is 9.80 Å². The van der Waals surface area contributed by atoms with E-state index in [9.17, 15) is 9.59 Å². The average Bonchev–Trinajstić information content (AvgIpc) is 3.01. The molecule has 0 bridgehead atoms. The smallest absolute Gasteiger partial charge is 0.227 e. The highest BCUT2D eigenvalue weighted by Gasteiger charge is 2.31. The van der Waals surface area contributed by atoms with Gasteiger partial charge in [-0.3, -0.25) is 9.59 Å². The van der Waals surface area contributed by atoms with Crippen LogP contribution in [0.15, 0.2) is 35.9 Å². The molecule has 0 saturated carbocycles. The van der Waals surface area contributed by atoms with Gasteiger partial charge in [0.25, 0.3) is 0 Å². The first-order valence-electron chi connectivity index (χ1n) is 9.81. The Morgan fingerprint density at radius 3 is 2.65 bits per heavy atom. The van der Waals surface area contributed by atoms with E-state index in [0.717, 1.165) is 55.5 Å². The second-order valence-corrected chi connectivity index (χ2v) is 7.75. The number of allylic oxidation sites excluding steroid dienone is 1. The second kappa shape index (κ2) is 8.63. The Balaban J connectivity index is 1.75. The van der Waals surface area contributed by atoms with E-state index < -0.39 is 0 Å². The largest absolute Gasteiger partial charge is 0.339 e. The number of Topliss-reactive ketones (excluding diaryl/α,β-unsaturated/α-hetero) is 1. The molecule has 1 aromatic rings. The number of nitrogens with zero attached hydrogens (tertiary/aromatic N) is 2. The molecule has 1 amide bonds. The highest BCUT2D eigenvalue weighted by atomic mass is 16.2. The van der Waals surface area contributed by atoms with Crippen LogP contribution in [0.2, 0.25) is 0 Å². The zero-order valence-corrected chi connectivity index (χ0v) is 16.0. The van der Waals surface area contributed by atoms with Gasteiger partial charge in [0.1, 0.15) is 0 Å². The van der Waals surface area contributed by atoms with Crippen molar-refractivity contribution in [2.75, 3.05) is 27.2 Å². The summed E-state index contributed by atoms with van der Waals surface area (Å²) in [6, 6.07) is 10.4. The fourth-order valence-electron chi connectivity index (χ4n) is 4.16. The maximum Gasteiger partial charge on any atom is 0.227 e. The summed E-state index contributed by atoms with van der Waals surface area (Å²) in [6.07, 6.45) is 5.92. The van der Waals surface area contributed by atoms with Gasteiger partial charge >= 0.3 is 0 Å². The highest BCUT2D eigenvalue weighted by Crippen LogP contribution is 2.34. The van der Waals surface area contributed by atoms with Crippen molar-refractivity contribution >= 4 is 17.3 Å². The molecule has 4 heteroatoms. The van der Waals surface area contributed by atoms with Gasteiger partial charge in [-0.2, -0.15) is 0 Å². The van der Waals surface area contributed by atoms with E-state index in [1.807, 2.05) is 35.2 Å². The maximum absolute atomic E-state index is 13.1. The van der Waals surface area contributed by atoms with Crippen molar-refractivity contribution in [1.29, 1.82) is 0 Å². The summed E-state index contributed by atoms with van der Waals surface area (Å²) < 4.78 is 0. The fraction of sp³-hybridized carbons (Fsp3) is 0.545. The normalized spacial score (nSPS) is 21.0. The molecule has 2 aliphatic rings. The van der Waals surface area contributed by atoms with Gasteiger partial charge in [-0.15, -0.1) is 0 Å². The van der Waals surface area contributed by atoms with Crippen LogP contribution in [0.3, 0.4) is 0 Å². The van der Waals surface area contributed by atoms with E-state index >= 15 is 0 Å². The van der Waals surface area contributed by atoms with Gasteiger partial charge in [-0.1, -0.05) is 30.3 Å². The van der Waals surface area contributed by atoms with E-state index in [-0.39, 0.29) is 18.1 Å². The predicted molar refractivity (Wildman–Crippen MR) is 105 cm³/mol. The molecule has 1 aromatic carbocycles. The van der Waals surface area contributed by atoms with Crippen LogP contribution in [0.1, 0.15) is 50.5 Å². The zero-order valence-electron chi connectivity index (χ0n) is 16.0. The number of amides is 1. The lowest BCUT2D eigenvalue weighted by molar-refractivity contribution is -0.135. The van der Waals surface area contributed by atoms with Crippen LogP contribution < -0.4 is 0 Å². The Morgan fingerprint density at radius 1 is 1.15 bits per heavy atom. The topological polar surface area (TPSA) is 40.6 Å². The molecule has 0 unspecified atom stereocenters. The lowest BCUT2D eigenvalue weighted by Crippen LogP contribution is -2.45. The Hall–Kier alpha value is -1.94. The summed E-state index contributed by atoms with van der Waals surface area (Å²) in [5.74, 6) is 0.284. The minimum absolute atomic E-state index is 0.132. The van der Waals surface area contributed by atoms with Crippen LogP contribution in [0, 0.1) is 0 Å². The molecule has 140 valence electrons. The molecule has 1 atom stereocenters. The summed E-state index contributed by atoms with van der Waals surface area (Å²) in [6.45, 7) is 1.82. The van der Waals surface area contributed by atoms with Gasteiger partial charge in [0.15, 0.2) is 5.78 Å². The Kier molecular flexibility index (Phi) is 6.25. The third-order valence-corrected chi connectivity index (χ3v) is 5.61. The number of likely N-dealkylation sites (tertiary alicyclic amines) is 1. The molecule has 4 nitrogen and oxygen atoms in total. The molecule has 1 fully saturated rings. The number of rotatable bonds is 6. The van der Waals surface area contributed by atoms with Crippen LogP contribution in [0.25, 0.3) is 5.57 Å². The molecule has 26 heavy (non-hydrogen) atoms. The highest BCUT2D eigenvalue weighted by molar-refractivity contribution is 6.10. The first kappa shape index (κ1) is 18.8. The molecular weight excluding hydrogens is 324 g/mol. The summed E-state index contributed by atoms with van der Waals surface area (Å²) in [5, 5.41) is 0. The van der Waals surface area contributed by atoms with E-state index in [4.69, 9.17) is 0 Å². The second-order valence-electron chi connectivity index (χ2n) is 7.75. The lowest BCUT2D eigenvalue weighted by atomic mass is 9.96. The number of carbonyl (C=O) groups is 2. The van der Waals surface area contributed by atoms with Crippen molar-refractivity contribution in [3.05, 3.63) is 41.5 Å². The first-order valence-corrected chi connectivity index (χ1v) is 9.81. The van der Waals surface area contributed by atoms with E-state index in [1.54, 1.807) is 0 Å². The van der Waals surface area contributed by atoms with Gasteiger partial charge < -0.3 is 9.80 Å². The molecule has 0 aromatic heterocycles. The summed E-state index contributed by atoms with van der Waals surface area (Å²) in [7, 11) is 4.15. The summed E-state index contributed by atoms with van der Waals surface area (Å²) in [5.41, 5.74) is 2.91. The van der Waals surface area contributed by atoms with Gasteiger partial charge in [0.2, 0.25) is 5.91 Å².